The normalized spacial score (nSPS) is 27.4. The van der Waals surface area contributed by atoms with Crippen LogP contribution in [0.2, 0.25) is 0 Å². The SMILES string of the molecule is CC1=CC2C(=O)N(CCN3CCOCC3)C(=S)N=C2S1. The van der Waals surface area contributed by atoms with Gasteiger partial charge in [-0.25, -0.2) is 4.99 Å². The van der Waals surface area contributed by atoms with E-state index in [9.17, 15) is 4.79 Å². The lowest BCUT2D eigenvalue weighted by molar-refractivity contribution is -0.128. The van der Waals surface area contributed by atoms with Crippen LogP contribution in [0.5, 0.6) is 0 Å². The lowest BCUT2D eigenvalue weighted by Crippen LogP contribution is -2.48. The van der Waals surface area contributed by atoms with E-state index < -0.39 is 0 Å². The number of hydrogen-bond acceptors (Lipinski definition) is 5. The minimum Gasteiger partial charge on any atom is -0.379 e. The monoisotopic (exact) mass is 311 g/mol. The third-order valence-electron chi connectivity index (χ3n) is 3.65. The van der Waals surface area contributed by atoms with E-state index in [4.69, 9.17) is 17.0 Å². The molecular weight excluding hydrogens is 294 g/mol. The first-order valence-electron chi connectivity index (χ1n) is 6.75. The van der Waals surface area contributed by atoms with Crippen LogP contribution in [0.15, 0.2) is 16.0 Å². The summed E-state index contributed by atoms with van der Waals surface area (Å²) in [7, 11) is 0. The lowest BCUT2D eigenvalue weighted by Gasteiger charge is -2.32. The highest BCUT2D eigenvalue weighted by molar-refractivity contribution is 8.17. The van der Waals surface area contributed by atoms with E-state index in [1.54, 1.807) is 16.7 Å². The Labute approximate surface area is 128 Å². The molecule has 0 N–H and O–H groups in total. The molecule has 0 spiro atoms. The first kappa shape index (κ1) is 14.2. The molecule has 0 aliphatic carbocycles. The number of carbonyl (C=O) groups excluding carboxylic acids is 1. The van der Waals surface area contributed by atoms with Gasteiger partial charge in [0.2, 0.25) is 11.0 Å². The molecule has 0 aromatic rings. The van der Waals surface area contributed by atoms with Crippen LogP contribution >= 0.6 is 24.0 Å². The van der Waals surface area contributed by atoms with Crippen LogP contribution in [0.25, 0.3) is 0 Å². The molecule has 3 aliphatic rings. The highest BCUT2D eigenvalue weighted by Gasteiger charge is 2.37. The Morgan fingerprint density at radius 2 is 2.20 bits per heavy atom. The Morgan fingerprint density at radius 3 is 2.95 bits per heavy atom. The highest BCUT2D eigenvalue weighted by Crippen LogP contribution is 2.35. The van der Waals surface area contributed by atoms with Crippen LogP contribution in [-0.2, 0) is 9.53 Å². The van der Waals surface area contributed by atoms with E-state index in [1.165, 1.54) is 0 Å². The summed E-state index contributed by atoms with van der Waals surface area (Å²) in [5.41, 5.74) is 0. The third-order valence-corrected chi connectivity index (χ3v) is 4.97. The molecule has 0 radical (unpaired) electrons. The van der Waals surface area contributed by atoms with Gasteiger partial charge in [-0.3, -0.25) is 14.6 Å². The van der Waals surface area contributed by atoms with Crippen LogP contribution in [0.1, 0.15) is 6.92 Å². The molecule has 1 fully saturated rings. The number of morpholine rings is 1. The molecule has 1 unspecified atom stereocenters. The molecule has 20 heavy (non-hydrogen) atoms. The van der Waals surface area contributed by atoms with Gasteiger partial charge in [0, 0.05) is 26.2 Å². The Hall–Kier alpha value is -0.760. The molecule has 3 rings (SSSR count). The number of aliphatic imine (C=N–C) groups is 1. The van der Waals surface area contributed by atoms with Gasteiger partial charge >= 0.3 is 0 Å². The van der Waals surface area contributed by atoms with Gasteiger partial charge in [-0.15, -0.1) is 0 Å². The second kappa shape index (κ2) is 5.93. The van der Waals surface area contributed by atoms with Gasteiger partial charge in [0.1, 0.15) is 5.92 Å². The van der Waals surface area contributed by atoms with E-state index in [1.807, 2.05) is 13.0 Å². The molecule has 108 valence electrons. The Balaban J connectivity index is 1.64. The molecule has 5 nitrogen and oxygen atoms in total. The average Bonchev–Trinajstić information content (AvgIpc) is 2.80. The first-order chi connectivity index (χ1) is 9.65. The molecule has 7 heteroatoms. The topological polar surface area (TPSA) is 45.1 Å². The van der Waals surface area contributed by atoms with Crippen LogP contribution in [-0.4, -0.2) is 65.3 Å². The van der Waals surface area contributed by atoms with Gasteiger partial charge in [-0.1, -0.05) is 17.8 Å². The van der Waals surface area contributed by atoms with Gasteiger partial charge in [-0.05, 0) is 24.0 Å². The van der Waals surface area contributed by atoms with E-state index in [-0.39, 0.29) is 11.8 Å². The quantitative estimate of drug-likeness (QED) is 0.731. The fourth-order valence-electron chi connectivity index (χ4n) is 2.53. The fourth-order valence-corrected chi connectivity index (χ4v) is 3.83. The molecule has 0 aromatic heterocycles. The molecule has 3 heterocycles. The Morgan fingerprint density at radius 1 is 1.45 bits per heavy atom. The van der Waals surface area contributed by atoms with Gasteiger partial charge in [0.05, 0.1) is 18.3 Å². The van der Waals surface area contributed by atoms with Crippen molar-refractivity contribution in [2.45, 2.75) is 6.92 Å². The number of amides is 1. The summed E-state index contributed by atoms with van der Waals surface area (Å²) in [6, 6.07) is 0. The average molecular weight is 311 g/mol. The minimum atomic E-state index is -0.212. The maximum atomic E-state index is 12.5. The molecule has 0 bridgehead atoms. The summed E-state index contributed by atoms with van der Waals surface area (Å²) in [5, 5.41) is 1.24. The number of rotatable bonds is 3. The van der Waals surface area contributed by atoms with Gasteiger partial charge < -0.3 is 4.74 Å². The smallest absolute Gasteiger partial charge is 0.242 e. The van der Waals surface area contributed by atoms with Crippen molar-refractivity contribution in [1.82, 2.24) is 9.80 Å². The summed E-state index contributed by atoms with van der Waals surface area (Å²) < 4.78 is 5.32. The second-order valence-corrected chi connectivity index (χ2v) is 6.67. The predicted octanol–water partition coefficient (Wildman–Crippen LogP) is 1.11. The number of hydrogen-bond donors (Lipinski definition) is 0. The molecule has 1 saturated heterocycles. The largest absolute Gasteiger partial charge is 0.379 e. The van der Waals surface area contributed by atoms with E-state index in [0.717, 1.165) is 42.8 Å². The zero-order valence-electron chi connectivity index (χ0n) is 11.4. The maximum Gasteiger partial charge on any atom is 0.242 e. The molecule has 0 saturated carbocycles. The Kier molecular flexibility index (Phi) is 4.21. The molecule has 0 aromatic carbocycles. The van der Waals surface area contributed by atoms with Gasteiger partial charge in [0.25, 0.3) is 0 Å². The van der Waals surface area contributed by atoms with E-state index in [2.05, 4.69) is 9.89 Å². The number of ether oxygens (including phenoxy) is 1. The number of nitrogens with zero attached hydrogens (tertiary/aromatic N) is 3. The first-order valence-corrected chi connectivity index (χ1v) is 7.98. The van der Waals surface area contributed by atoms with Crippen LogP contribution in [0.4, 0.5) is 0 Å². The zero-order valence-corrected chi connectivity index (χ0v) is 13.0. The van der Waals surface area contributed by atoms with E-state index in [0.29, 0.717) is 11.7 Å². The standard InChI is InChI=1S/C13H17N3O2S2/c1-9-8-10-11(20-9)14-13(19)16(12(10)17)3-2-15-4-6-18-7-5-15/h8,10H,2-7H2,1H3. The summed E-state index contributed by atoms with van der Waals surface area (Å²) in [6.45, 7) is 6.80. The minimum absolute atomic E-state index is 0.0672. The van der Waals surface area contributed by atoms with Crippen molar-refractivity contribution in [2.75, 3.05) is 39.4 Å². The van der Waals surface area contributed by atoms with Gasteiger partial charge in [-0.2, -0.15) is 0 Å². The van der Waals surface area contributed by atoms with Crippen molar-refractivity contribution in [3.8, 4) is 0 Å². The number of thiocarbonyl (C=S) groups is 1. The van der Waals surface area contributed by atoms with Crippen LogP contribution in [0.3, 0.4) is 0 Å². The van der Waals surface area contributed by atoms with Crippen molar-refractivity contribution >= 4 is 40.0 Å². The summed E-state index contributed by atoms with van der Waals surface area (Å²) >= 11 is 6.83. The zero-order chi connectivity index (χ0) is 14.1. The second-order valence-electron chi connectivity index (χ2n) is 5.03. The Bertz CT molecular complexity index is 498. The molecule has 1 amide bonds. The summed E-state index contributed by atoms with van der Waals surface area (Å²) in [6.07, 6.45) is 1.98. The summed E-state index contributed by atoms with van der Waals surface area (Å²) in [5.74, 6) is -0.144. The third kappa shape index (κ3) is 2.81. The summed E-state index contributed by atoms with van der Waals surface area (Å²) in [4.78, 5) is 22.0. The van der Waals surface area contributed by atoms with Crippen LogP contribution < -0.4 is 0 Å². The number of fused-ring (bicyclic) bond motifs is 1. The van der Waals surface area contributed by atoms with Crippen LogP contribution in [0, 0.1) is 5.92 Å². The highest BCUT2D eigenvalue weighted by atomic mass is 32.2. The molecular formula is C13H17N3O2S2. The fraction of sp³-hybridized carbons (Fsp3) is 0.615. The van der Waals surface area contributed by atoms with Crippen molar-refractivity contribution < 1.29 is 9.53 Å². The number of thioether (sulfide) groups is 1. The van der Waals surface area contributed by atoms with Crippen molar-refractivity contribution in [1.29, 1.82) is 0 Å². The van der Waals surface area contributed by atoms with Gasteiger partial charge in [0.15, 0.2) is 0 Å². The van der Waals surface area contributed by atoms with Crippen molar-refractivity contribution in [3.05, 3.63) is 11.0 Å². The number of allylic oxidation sites excluding steroid dienone is 1. The predicted molar refractivity (Wildman–Crippen MR) is 83.8 cm³/mol. The van der Waals surface area contributed by atoms with Crippen molar-refractivity contribution in [2.24, 2.45) is 10.9 Å². The molecule has 3 aliphatic heterocycles. The lowest BCUT2D eigenvalue weighted by atomic mass is 10.1. The number of carbonyl (C=O) groups is 1. The maximum absolute atomic E-state index is 12.5. The molecule has 1 atom stereocenters. The van der Waals surface area contributed by atoms with Crippen molar-refractivity contribution in [3.63, 3.8) is 0 Å². The van der Waals surface area contributed by atoms with E-state index >= 15 is 0 Å².